The summed E-state index contributed by atoms with van der Waals surface area (Å²) in [5.74, 6) is 0.681. The van der Waals surface area contributed by atoms with E-state index in [1.54, 1.807) is 6.07 Å². The highest BCUT2D eigenvalue weighted by atomic mass is 127. The lowest BCUT2D eigenvalue weighted by Gasteiger charge is -2.12. The zero-order valence-electron chi connectivity index (χ0n) is 17.5. The largest absolute Gasteiger partial charge is 0.491 e. The molecule has 2 aromatic rings. The van der Waals surface area contributed by atoms with Gasteiger partial charge in [0.25, 0.3) is 0 Å². The second kappa shape index (κ2) is 14.0. The van der Waals surface area contributed by atoms with E-state index in [-0.39, 0.29) is 21.2 Å². The SMILES string of the molecule is [2H]c1cc(OCC(O)CCCCCCCCCC)ccc1[I+]c1ccccc1. The summed E-state index contributed by atoms with van der Waals surface area (Å²) in [5, 5.41) is 10.1. The van der Waals surface area contributed by atoms with Gasteiger partial charge in [-0.05, 0) is 42.8 Å². The lowest BCUT2D eigenvalue weighted by atomic mass is 10.1. The van der Waals surface area contributed by atoms with E-state index in [9.17, 15) is 5.11 Å². The van der Waals surface area contributed by atoms with Crippen molar-refractivity contribution in [2.24, 2.45) is 0 Å². The third kappa shape index (κ3) is 10.2. The molecule has 0 radical (unpaired) electrons. The molecule has 0 bridgehead atoms. The highest BCUT2D eigenvalue weighted by Gasteiger charge is 2.14. The van der Waals surface area contributed by atoms with Crippen LogP contribution in [0.5, 0.6) is 5.75 Å². The monoisotopic (exact) mass is 482 g/mol. The molecule has 148 valence electrons. The van der Waals surface area contributed by atoms with Crippen molar-refractivity contribution in [3.05, 3.63) is 61.7 Å². The Bertz CT molecular complexity index is 663. The van der Waals surface area contributed by atoms with Crippen molar-refractivity contribution in [3.63, 3.8) is 0 Å². The number of unbranched alkanes of at least 4 members (excludes halogenated alkanes) is 7. The van der Waals surface area contributed by atoms with E-state index in [1.807, 2.05) is 30.3 Å². The van der Waals surface area contributed by atoms with Crippen LogP contribution in [0.2, 0.25) is 0 Å². The molecule has 0 aliphatic rings. The molecule has 2 aromatic carbocycles. The van der Waals surface area contributed by atoms with E-state index in [2.05, 4.69) is 19.1 Å². The van der Waals surface area contributed by atoms with E-state index in [4.69, 9.17) is 6.11 Å². The molecule has 2 nitrogen and oxygen atoms in total. The summed E-state index contributed by atoms with van der Waals surface area (Å²) in [6.45, 7) is 2.55. The van der Waals surface area contributed by atoms with Gasteiger partial charge in [0.15, 0.2) is 7.14 Å². The Morgan fingerprint density at radius 3 is 2.30 bits per heavy atom. The lowest BCUT2D eigenvalue weighted by molar-refractivity contribution is -0.597. The average Bonchev–Trinajstić information content (AvgIpc) is 2.71. The fraction of sp³-hybridized carbons (Fsp3) is 0.500. The second-order valence-electron chi connectivity index (χ2n) is 6.99. The van der Waals surface area contributed by atoms with Gasteiger partial charge in [0, 0.05) is 0 Å². The predicted molar refractivity (Wildman–Crippen MR) is 109 cm³/mol. The summed E-state index contributed by atoms with van der Waals surface area (Å²) in [5.41, 5.74) is 0. The first kappa shape index (κ1) is 20.7. The fourth-order valence-electron chi connectivity index (χ4n) is 2.92. The summed E-state index contributed by atoms with van der Waals surface area (Å²) in [6, 6.07) is 16.6. The van der Waals surface area contributed by atoms with Crippen LogP contribution in [0.3, 0.4) is 0 Å². The molecule has 0 saturated heterocycles. The van der Waals surface area contributed by atoms with Gasteiger partial charge in [-0.25, -0.2) is 0 Å². The molecule has 3 heteroatoms. The Balaban J connectivity index is 1.63. The van der Waals surface area contributed by atoms with Crippen molar-refractivity contribution in [1.29, 1.82) is 0 Å². The smallest absolute Gasteiger partial charge is 0.357 e. The molecule has 0 amide bonds. The van der Waals surface area contributed by atoms with Gasteiger partial charge >= 0.3 is 21.2 Å². The average molecular weight is 482 g/mol. The molecular weight excluding hydrogens is 447 g/mol. The predicted octanol–water partition coefficient (Wildman–Crippen LogP) is 3.09. The van der Waals surface area contributed by atoms with Crippen molar-refractivity contribution >= 4 is 0 Å². The molecule has 0 heterocycles. The molecule has 0 aliphatic carbocycles. The Hall–Kier alpha value is -1.07. The molecule has 0 spiro atoms. The Kier molecular flexibility index (Phi) is 10.7. The van der Waals surface area contributed by atoms with Gasteiger partial charge in [0.05, 0.1) is 7.47 Å². The van der Waals surface area contributed by atoms with Gasteiger partial charge in [-0.15, -0.1) is 0 Å². The van der Waals surface area contributed by atoms with E-state index < -0.39 is 6.10 Å². The number of hydrogen-bond donors (Lipinski definition) is 1. The van der Waals surface area contributed by atoms with Gasteiger partial charge < -0.3 is 9.84 Å². The maximum Gasteiger partial charge on any atom is 0.357 e. The summed E-state index contributed by atoms with van der Waals surface area (Å²) in [7, 11) is 0. The topological polar surface area (TPSA) is 29.5 Å². The van der Waals surface area contributed by atoms with Crippen molar-refractivity contribution in [2.75, 3.05) is 6.61 Å². The molecule has 0 aliphatic heterocycles. The minimum atomic E-state index is -0.425. The second-order valence-corrected chi connectivity index (χ2v) is 9.94. The number of ether oxygens (including phenoxy) is 1. The highest BCUT2D eigenvalue weighted by Crippen LogP contribution is 2.12. The molecule has 27 heavy (non-hydrogen) atoms. The molecular formula is C24H34IO2+. The number of hydrogen-bond acceptors (Lipinski definition) is 2. The van der Waals surface area contributed by atoms with Crippen LogP contribution in [-0.4, -0.2) is 17.8 Å². The van der Waals surface area contributed by atoms with E-state index >= 15 is 0 Å². The first-order valence-electron chi connectivity index (χ1n) is 10.8. The van der Waals surface area contributed by atoms with Crippen molar-refractivity contribution in [2.45, 2.75) is 70.8 Å². The van der Waals surface area contributed by atoms with Gasteiger partial charge in [-0.2, -0.15) is 0 Å². The molecule has 0 saturated carbocycles. The molecule has 1 N–H and O–H groups in total. The number of aliphatic hydroxyl groups excluding tert-OH is 1. The van der Waals surface area contributed by atoms with Gasteiger partial charge in [0.1, 0.15) is 12.4 Å². The maximum atomic E-state index is 10.1. The maximum absolute atomic E-state index is 10.1. The molecule has 1 atom stereocenters. The van der Waals surface area contributed by atoms with Gasteiger partial charge in [-0.3, -0.25) is 0 Å². The summed E-state index contributed by atoms with van der Waals surface area (Å²) in [4.78, 5) is 0. The van der Waals surface area contributed by atoms with Crippen LogP contribution in [0.15, 0.2) is 54.6 Å². The number of halogens is 1. The summed E-state index contributed by atoms with van der Waals surface area (Å²) in [6.07, 6.45) is 10.6. The highest BCUT2D eigenvalue weighted by molar-refractivity contribution is 5.20. The Labute approximate surface area is 177 Å². The van der Waals surface area contributed by atoms with Gasteiger partial charge in [-0.1, -0.05) is 76.5 Å². The quantitative estimate of drug-likeness (QED) is 0.331. The first-order valence-corrected chi connectivity index (χ1v) is 12.5. The standard InChI is InChI=1S/C24H34IO2/c1-2-3-4-5-6-7-8-12-15-23(26)20-27-24-18-16-22(17-19-24)25-21-13-10-9-11-14-21/h9-11,13-14,16-19,23,26H,2-8,12,15,20H2,1H3/q+1/i16D. The molecule has 0 aromatic heterocycles. The van der Waals surface area contributed by atoms with Crippen molar-refractivity contribution < 1.29 is 32.4 Å². The van der Waals surface area contributed by atoms with Crippen LogP contribution in [0.25, 0.3) is 0 Å². The zero-order valence-corrected chi connectivity index (χ0v) is 18.7. The molecule has 2 rings (SSSR count). The number of benzene rings is 2. The molecule has 0 fully saturated rings. The third-order valence-electron chi connectivity index (χ3n) is 4.52. The van der Waals surface area contributed by atoms with Crippen LogP contribution >= 0.6 is 0 Å². The van der Waals surface area contributed by atoms with Crippen LogP contribution < -0.4 is 25.9 Å². The first-order chi connectivity index (χ1) is 13.7. The van der Waals surface area contributed by atoms with E-state index in [1.165, 1.54) is 48.5 Å². The normalized spacial score (nSPS) is 12.6. The van der Waals surface area contributed by atoms with Crippen LogP contribution in [0.1, 0.15) is 66.1 Å². The number of rotatable bonds is 14. The lowest BCUT2D eigenvalue weighted by Crippen LogP contribution is -3.61. The van der Waals surface area contributed by atoms with Gasteiger partial charge in [0.2, 0.25) is 0 Å². The third-order valence-corrected chi connectivity index (χ3v) is 7.12. The van der Waals surface area contributed by atoms with Crippen LogP contribution in [0, 0.1) is 7.14 Å². The summed E-state index contributed by atoms with van der Waals surface area (Å²) < 4.78 is 16.4. The minimum absolute atomic E-state index is 0.309. The number of aliphatic hydroxyl groups is 1. The molecule has 1 unspecified atom stereocenters. The Morgan fingerprint density at radius 1 is 0.889 bits per heavy atom. The Morgan fingerprint density at radius 2 is 1.59 bits per heavy atom. The van der Waals surface area contributed by atoms with Crippen LogP contribution in [0.4, 0.5) is 0 Å². The van der Waals surface area contributed by atoms with Crippen molar-refractivity contribution in [3.8, 4) is 5.75 Å². The minimum Gasteiger partial charge on any atom is -0.491 e. The fourth-order valence-corrected chi connectivity index (χ4v) is 5.04. The zero-order chi connectivity index (χ0) is 20.0. The van der Waals surface area contributed by atoms with Crippen molar-refractivity contribution in [1.82, 2.24) is 0 Å². The summed E-state index contributed by atoms with van der Waals surface area (Å²) >= 11 is -0.339. The van der Waals surface area contributed by atoms with Crippen LogP contribution in [-0.2, 0) is 0 Å². The van der Waals surface area contributed by atoms with E-state index in [0.29, 0.717) is 18.4 Å². The van der Waals surface area contributed by atoms with E-state index in [0.717, 1.165) is 16.4 Å².